The van der Waals surface area contributed by atoms with Crippen molar-refractivity contribution in [3.05, 3.63) is 96.1 Å². The van der Waals surface area contributed by atoms with Gasteiger partial charge in [-0.05, 0) is 23.3 Å². The maximum atomic E-state index is 6.27. The second-order valence-electron chi connectivity index (χ2n) is 5.39. The molecule has 0 saturated heterocycles. The molecule has 0 radical (unpaired) electrons. The summed E-state index contributed by atoms with van der Waals surface area (Å²) in [6, 6.07) is 28.5. The fourth-order valence-electron chi connectivity index (χ4n) is 2.56. The molecule has 2 heteroatoms. The normalized spacial score (nSPS) is 11.7. The Morgan fingerprint density at radius 1 is 0.739 bits per heavy atom. The van der Waals surface area contributed by atoms with Crippen molar-refractivity contribution in [2.24, 2.45) is 0 Å². The molecule has 0 amide bonds. The fourth-order valence-corrected chi connectivity index (χ4v) is 2.56. The lowest BCUT2D eigenvalue weighted by Gasteiger charge is -2.20. The van der Waals surface area contributed by atoms with Gasteiger partial charge in [0.05, 0.1) is 7.11 Å². The van der Waals surface area contributed by atoms with Gasteiger partial charge in [-0.1, -0.05) is 66.7 Å². The van der Waals surface area contributed by atoms with Gasteiger partial charge in [-0.3, -0.25) is 0 Å². The molecule has 0 aliphatic heterocycles. The highest BCUT2D eigenvalue weighted by atomic mass is 16.5. The molecule has 0 aromatic heterocycles. The topological polar surface area (TPSA) is 18.5 Å². The fraction of sp³-hybridized carbons (Fsp3) is 0.143. The first-order chi connectivity index (χ1) is 11.3. The Morgan fingerprint density at radius 2 is 1.39 bits per heavy atom. The molecule has 2 nitrogen and oxygen atoms in total. The van der Waals surface area contributed by atoms with Gasteiger partial charge in [0.2, 0.25) is 0 Å². The summed E-state index contributed by atoms with van der Waals surface area (Å²) in [5, 5.41) is 0. The van der Waals surface area contributed by atoms with E-state index >= 15 is 0 Å². The average molecular weight is 304 g/mol. The maximum absolute atomic E-state index is 6.27. The Labute approximate surface area is 137 Å². The van der Waals surface area contributed by atoms with Gasteiger partial charge < -0.3 is 9.47 Å². The summed E-state index contributed by atoms with van der Waals surface area (Å²) >= 11 is 0. The van der Waals surface area contributed by atoms with E-state index in [1.165, 1.54) is 11.1 Å². The first-order valence-corrected chi connectivity index (χ1v) is 7.75. The predicted octanol–water partition coefficient (Wildman–Crippen LogP) is 5.06. The third-order valence-electron chi connectivity index (χ3n) is 3.75. The minimum atomic E-state index is -0.0364. The van der Waals surface area contributed by atoms with Gasteiger partial charge >= 0.3 is 0 Å². The van der Waals surface area contributed by atoms with Crippen molar-refractivity contribution in [2.75, 3.05) is 7.11 Å². The van der Waals surface area contributed by atoms with Gasteiger partial charge in [-0.2, -0.15) is 0 Å². The van der Waals surface area contributed by atoms with E-state index < -0.39 is 0 Å². The summed E-state index contributed by atoms with van der Waals surface area (Å²) in [5.74, 6) is 1.61. The minimum absolute atomic E-state index is 0.0364. The van der Waals surface area contributed by atoms with Crippen LogP contribution >= 0.6 is 0 Å². The highest BCUT2D eigenvalue weighted by Gasteiger charge is 2.14. The van der Waals surface area contributed by atoms with Crippen LogP contribution in [-0.4, -0.2) is 7.11 Å². The molecule has 3 aromatic carbocycles. The first kappa shape index (κ1) is 15.2. The summed E-state index contributed by atoms with van der Waals surface area (Å²) in [4.78, 5) is 0. The Kier molecular flexibility index (Phi) is 4.95. The second-order valence-corrected chi connectivity index (χ2v) is 5.39. The van der Waals surface area contributed by atoms with Gasteiger partial charge in [0.1, 0.15) is 17.6 Å². The number of ether oxygens (including phenoxy) is 2. The summed E-state index contributed by atoms with van der Waals surface area (Å²) < 4.78 is 11.5. The molecule has 0 spiro atoms. The van der Waals surface area contributed by atoms with E-state index in [2.05, 4.69) is 36.4 Å². The van der Waals surface area contributed by atoms with Gasteiger partial charge in [-0.25, -0.2) is 0 Å². The number of hydrogen-bond donors (Lipinski definition) is 0. The lowest BCUT2D eigenvalue weighted by Crippen LogP contribution is -2.11. The Bertz CT molecular complexity index is 723. The monoisotopic (exact) mass is 304 g/mol. The summed E-state index contributed by atoms with van der Waals surface area (Å²) in [7, 11) is 1.66. The van der Waals surface area contributed by atoms with Gasteiger partial charge in [0.25, 0.3) is 0 Å². The van der Waals surface area contributed by atoms with Crippen LogP contribution in [-0.2, 0) is 6.42 Å². The molecule has 0 fully saturated rings. The number of benzene rings is 3. The molecule has 0 aliphatic carbocycles. The van der Waals surface area contributed by atoms with Crippen LogP contribution in [0.5, 0.6) is 11.5 Å². The summed E-state index contributed by atoms with van der Waals surface area (Å²) in [6.45, 7) is 0. The molecular formula is C21H20O2. The van der Waals surface area contributed by atoms with Gasteiger partial charge in [0.15, 0.2) is 0 Å². The van der Waals surface area contributed by atoms with Crippen molar-refractivity contribution in [3.8, 4) is 11.5 Å². The van der Waals surface area contributed by atoms with Crippen molar-refractivity contribution < 1.29 is 9.47 Å². The SMILES string of the molecule is COc1cccc(OC(Cc2ccccc2)c2ccccc2)c1. The zero-order valence-electron chi connectivity index (χ0n) is 13.2. The lowest BCUT2D eigenvalue weighted by molar-refractivity contribution is 0.205. The quantitative estimate of drug-likeness (QED) is 0.634. The largest absolute Gasteiger partial charge is 0.497 e. The van der Waals surface area contributed by atoms with Gasteiger partial charge in [-0.15, -0.1) is 0 Å². The summed E-state index contributed by atoms with van der Waals surface area (Å²) in [5.41, 5.74) is 2.42. The molecule has 0 N–H and O–H groups in total. The lowest BCUT2D eigenvalue weighted by atomic mass is 10.0. The predicted molar refractivity (Wildman–Crippen MR) is 93.0 cm³/mol. The third-order valence-corrected chi connectivity index (χ3v) is 3.75. The van der Waals surface area contributed by atoms with Crippen molar-refractivity contribution in [1.82, 2.24) is 0 Å². The van der Waals surface area contributed by atoms with E-state index in [0.29, 0.717) is 0 Å². The number of methoxy groups -OCH3 is 1. The van der Waals surface area contributed by atoms with Crippen LogP contribution in [0, 0.1) is 0 Å². The molecule has 116 valence electrons. The standard InChI is InChI=1S/C21H20O2/c1-22-19-13-8-14-20(16-19)23-21(18-11-6-3-7-12-18)15-17-9-4-2-5-10-17/h2-14,16,21H,15H2,1H3. The molecule has 0 bridgehead atoms. The van der Waals surface area contributed by atoms with Crippen LogP contribution in [0.2, 0.25) is 0 Å². The Morgan fingerprint density at radius 3 is 2.09 bits per heavy atom. The molecule has 0 aliphatic rings. The number of hydrogen-bond acceptors (Lipinski definition) is 2. The van der Waals surface area contributed by atoms with Crippen LogP contribution < -0.4 is 9.47 Å². The molecule has 0 saturated carbocycles. The van der Waals surface area contributed by atoms with E-state index in [1.807, 2.05) is 48.5 Å². The van der Waals surface area contributed by atoms with E-state index in [0.717, 1.165) is 17.9 Å². The van der Waals surface area contributed by atoms with E-state index in [9.17, 15) is 0 Å². The summed E-state index contributed by atoms with van der Waals surface area (Å²) in [6.07, 6.45) is 0.785. The maximum Gasteiger partial charge on any atom is 0.128 e. The van der Waals surface area contributed by atoms with Crippen LogP contribution in [0.4, 0.5) is 0 Å². The van der Waals surface area contributed by atoms with E-state index in [-0.39, 0.29) is 6.10 Å². The van der Waals surface area contributed by atoms with Gasteiger partial charge in [0, 0.05) is 12.5 Å². The Balaban J connectivity index is 1.85. The van der Waals surface area contributed by atoms with E-state index in [4.69, 9.17) is 9.47 Å². The molecule has 3 rings (SSSR count). The van der Waals surface area contributed by atoms with Crippen molar-refractivity contribution in [3.63, 3.8) is 0 Å². The van der Waals surface area contributed by atoms with Crippen LogP contribution in [0.1, 0.15) is 17.2 Å². The smallest absolute Gasteiger partial charge is 0.128 e. The molecule has 1 atom stereocenters. The molecule has 23 heavy (non-hydrogen) atoms. The zero-order chi connectivity index (χ0) is 15.9. The van der Waals surface area contributed by atoms with Crippen LogP contribution in [0.15, 0.2) is 84.9 Å². The molecular weight excluding hydrogens is 284 g/mol. The molecule has 0 heterocycles. The first-order valence-electron chi connectivity index (χ1n) is 7.75. The van der Waals surface area contributed by atoms with Crippen molar-refractivity contribution >= 4 is 0 Å². The van der Waals surface area contributed by atoms with E-state index in [1.54, 1.807) is 7.11 Å². The molecule has 3 aromatic rings. The van der Waals surface area contributed by atoms with Crippen LogP contribution in [0.3, 0.4) is 0 Å². The van der Waals surface area contributed by atoms with Crippen molar-refractivity contribution in [2.45, 2.75) is 12.5 Å². The number of rotatable bonds is 6. The Hall–Kier alpha value is -2.74. The highest BCUT2D eigenvalue weighted by Crippen LogP contribution is 2.27. The minimum Gasteiger partial charge on any atom is -0.497 e. The average Bonchev–Trinajstić information content (AvgIpc) is 2.63. The van der Waals surface area contributed by atoms with Crippen LogP contribution in [0.25, 0.3) is 0 Å². The highest BCUT2D eigenvalue weighted by molar-refractivity contribution is 5.34. The second kappa shape index (κ2) is 7.50. The zero-order valence-corrected chi connectivity index (χ0v) is 13.2. The van der Waals surface area contributed by atoms with Crippen molar-refractivity contribution in [1.29, 1.82) is 0 Å². The molecule has 1 unspecified atom stereocenters. The third kappa shape index (κ3) is 4.13.